The van der Waals surface area contributed by atoms with E-state index in [2.05, 4.69) is 0 Å². The van der Waals surface area contributed by atoms with Crippen molar-refractivity contribution in [2.75, 3.05) is 13.1 Å². The number of rotatable bonds is 3. The van der Waals surface area contributed by atoms with Crippen LogP contribution in [-0.2, 0) is 4.79 Å². The van der Waals surface area contributed by atoms with Crippen molar-refractivity contribution in [3.63, 3.8) is 0 Å². The minimum absolute atomic E-state index is 0.00685. The number of ether oxygens (including phenoxy) is 1. The predicted octanol–water partition coefficient (Wildman–Crippen LogP) is 1.67. The number of amides is 1. The molecule has 0 radical (unpaired) electrons. The van der Waals surface area contributed by atoms with Crippen molar-refractivity contribution < 1.29 is 9.53 Å². The van der Waals surface area contributed by atoms with Crippen LogP contribution in [0.5, 0.6) is 5.75 Å². The molecule has 0 aliphatic carbocycles. The molecule has 1 aromatic carbocycles. The minimum Gasteiger partial charge on any atom is -0.487 e. The first kappa shape index (κ1) is 13.2. The normalized spacial score (nSPS) is 20.8. The highest BCUT2D eigenvalue weighted by Crippen LogP contribution is 2.26. The van der Waals surface area contributed by atoms with Crippen molar-refractivity contribution in [3.05, 3.63) is 29.3 Å². The average Bonchev–Trinajstić information content (AvgIpc) is 2.79. The highest BCUT2D eigenvalue weighted by Gasteiger charge is 2.29. The van der Waals surface area contributed by atoms with Gasteiger partial charge in [-0.15, -0.1) is 0 Å². The third-order valence-electron chi connectivity index (χ3n) is 2.98. The molecule has 1 aliphatic rings. The lowest BCUT2D eigenvalue weighted by Gasteiger charge is -2.19. The SMILES string of the molecule is CC(N)C(=O)N1CCC(Oc2ccccc2Cl)C1. The Morgan fingerprint density at radius 1 is 1.56 bits per heavy atom. The van der Waals surface area contributed by atoms with E-state index in [4.69, 9.17) is 22.1 Å². The molecule has 1 heterocycles. The van der Waals surface area contributed by atoms with Crippen LogP contribution in [0.15, 0.2) is 24.3 Å². The van der Waals surface area contributed by atoms with Crippen LogP contribution >= 0.6 is 11.6 Å². The van der Waals surface area contributed by atoms with Crippen molar-refractivity contribution in [1.82, 2.24) is 4.90 Å². The monoisotopic (exact) mass is 268 g/mol. The number of carbonyl (C=O) groups is 1. The molecule has 0 aromatic heterocycles. The fraction of sp³-hybridized carbons (Fsp3) is 0.462. The van der Waals surface area contributed by atoms with Gasteiger partial charge in [0.05, 0.1) is 17.6 Å². The van der Waals surface area contributed by atoms with Crippen LogP contribution in [0.3, 0.4) is 0 Å². The van der Waals surface area contributed by atoms with Crippen LogP contribution in [0.1, 0.15) is 13.3 Å². The maximum Gasteiger partial charge on any atom is 0.239 e. The zero-order valence-electron chi connectivity index (χ0n) is 10.3. The summed E-state index contributed by atoms with van der Waals surface area (Å²) in [6.07, 6.45) is 0.802. The molecule has 2 unspecified atom stereocenters. The molecular weight excluding hydrogens is 252 g/mol. The first-order chi connectivity index (χ1) is 8.58. The summed E-state index contributed by atoms with van der Waals surface area (Å²) in [5.41, 5.74) is 5.58. The number of benzene rings is 1. The second-order valence-electron chi connectivity index (χ2n) is 4.53. The van der Waals surface area contributed by atoms with E-state index in [0.29, 0.717) is 23.9 Å². The van der Waals surface area contributed by atoms with Crippen LogP contribution in [-0.4, -0.2) is 36.0 Å². The van der Waals surface area contributed by atoms with Gasteiger partial charge in [0, 0.05) is 13.0 Å². The minimum atomic E-state index is -0.455. The van der Waals surface area contributed by atoms with E-state index in [-0.39, 0.29) is 12.0 Å². The second kappa shape index (κ2) is 5.59. The van der Waals surface area contributed by atoms with Crippen LogP contribution in [0, 0.1) is 0 Å². The number of carbonyl (C=O) groups excluding carboxylic acids is 1. The Morgan fingerprint density at radius 2 is 2.28 bits per heavy atom. The Morgan fingerprint density at radius 3 is 2.94 bits per heavy atom. The van der Waals surface area contributed by atoms with E-state index in [1.54, 1.807) is 17.9 Å². The van der Waals surface area contributed by atoms with Crippen LogP contribution in [0.2, 0.25) is 5.02 Å². The topological polar surface area (TPSA) is 55.6 Å². The summed E-state index contributed by atoms with van der Waals surface area (Å²) in [4.78, 5) is 13.5. The molecule has 1 aromatic rings. The summed E-state index contributed by atoms with van der Waals surface area (Å²) < 4.78 is 5.80. The van der Waals surface area contributed by atoms with Crippen LogP contribution < -0.4 is 10.5 Å². The van der Waals surface area contributed by atoms with Gasteiger partial charge in [0.25, 0.3) is 0 Å². The largest absolute Gasteiger partial charge is 0.487 e. The van der Waals surface area contributed by atoms with Crippen LogP contribution in [0.4, 0.5) is 0 Å². The molecule has 0 bridgehead atoms. The van der Waals surface area contributed by atoms with Gasteiger partial charge < -0.3 is 15.4 Å². The number of halogens is 1. The molecule has 98 valence electrons. The Kier molecular flexibility index (Phi) is 4.09. The molecule has 0 saturated carbocycles. The van der Waals surface area contributed by atoms with Gasteiger partial charge in [-0.25, -0.2) is 0 Å². The van der Waals surface area contributed by atoms with E-state index in [1.807, 2.05) is 18.2 Å². The van der Waals surface area contributed by atoms with Gasteiger partial charge in [0.15, 0.2) is 0 Å². The molecule has 2 rings (SSSR count). The van der Waals surface area contributed by atoms with Gasteiger partial charge in [-0.2, -0.15) is 0 Å². The second-order valence-corrected chi connectivity index (χ2v) is 4.94. The summed E-state index contributed by atoms with van der Waals surface area (Å²) in [5.74, 6) is 0.638. The molecule has 1 amide bonds. The van der Waals surface area contributed by atoms with Crippen molar-refractivity contribution in [1.29, 1.82) is 0 Å². The quantitative estimate of drug-likeness (QED) is 0.907. The summed E-state index contributed by atoms with van der Waals surface area (Å²) in [5, 5.41) is 0.592. The third-order valence-corrected chi connectivity index (χ3v) is 3.29. The van der Waals surface area contributed by atoms with Gasteiger partial charge in [-0.05, 0) is 19.1 Å². The Bertz CT molecular complexity index is 437. The molecule has 18 heavy (non-hydrogen) atoms. The number of hydrogen-bond donors (Lipinski definition) is 1. The number of para-hydroxylation sites is 1. The molecule has 2 N–H and O–H groups in total. The average molecular weight is 269 g/mol. The molecule has 5 heteroatoms. The fourth-order valence-corrected chi connectivity index (χ4v) is 2.21. The van der Waals surface area contributed by atoms with Gasteiger partial charge in [0.1, 0.15) is 11.9 Å². The molecule has 1 saturated heterocycles. The standard InChI is InChI=1S/C13H17ClN2O2/c1-9(15)13(17)16-7-6-10(8-16)18-12-5-3-2-4-11(12)14/h2-5,9-10H,6-8,15H2,1H3. The highest BCUT2D eigenvalue weighted by atomic mass is 35.5. The van der Waals surface area contributed by atoms with E-state index in [1.165, 1.54) is 0 Å². The molecule has 2 atom stereocenters. The van der Waals surface area contributed by atoms with E-state index >= 15 is 0 Å². The van der Waals surface area contributed by atoms with E-state index < -0.39 is 6.04 Å². The summed E-state index contributed by atoms with van der Waals surface area (Å²) in [7, 11) is 0. The van der Waals surface area contributed by atoms with E-state index in [0.717, 1.165) is 6.42 Å². The zero-order chi connectivity index (χ0) is 13.1. The highest BCUT2D eigenvalue weighted by molar-refractivity contribution is 6.32. The Balaban J connectivity index is 1.94. The maximum absolute atomic E-state index is 11.7. The first-order valence-electron chi connectivity index (χ1n) is 6.03. The van der Waals surface area contributed by atoms with Crippen molar-refractivity contribution in [2.24, 2.45) is 5.73 Å². The lowest BCUT2D eigenvalue weighted by Crippen LogP contribution is -2.41. The molecule has 1 fully saturated rings. The first-order valence-corrected chi connectivity index (χ1v) is 6.41. The van der Waals surface area contributed by atoms with E-state index in [9.17, 15) is 4.79 Å². The van der Waals surface area contributed by atoms with Crippen LogP contribution in [0.25, 0.3) is 0 Å². The van der Waals surface area contributed by atoms with Gasteiger partial charge in [-0.1, -0.05) is 23.7 Å². The fourth-order valence-electron chi connectivity index (χ4n) is 2.03. The Labute approximate surface area is 112 Å². The summed E-state index contributed by atoms with van der Waals surface area (Å²) in [6.45, 7) is 2.96. The number of likely N-dealkylation sites (tertiary alicyclic amines) is 1. The zero-order valence-corrected chi connectivity index (χ0v) is 11.1. The van der Waals surface area contributed by atoms with Gasteiger partial charge >= 0.3 is 0 Å². The van der Waals surface area contributed by atoms with Gasteiger partial charge in [0.2, 0.25) is 5.91 Å². The van der Waals surface area contributed by atoms with Gasteiger partial charge in [-0.3, -0.25) is 4.79 Å². The molecular formula is C13H17ClN2O2. The lowest BCUT2D eigenvalue weighted by molar-refractivity contribution is -0.131. The maximum atomic E-state index is 11.7. The lowest BCUT2D eigenvalue weighted by atomic mass is 10.3. The summed E-state index contributed by atoms with van der Waals surface area (Å²) >= 11 is 6.03. The predicted molar refractivity (Wildman–Crippen MR) is 70.7 cm³/mol. The molecule has 0 spiro atoms. The third kappa shape index (κ3) is 2.94. The molecule has 1 aliphatic heterocycles. The number of nitrogens with zero attached hydrogens (tertiary/aromatic N) is 1. The molecule has 4 nitrogen and oxygen atoms in total. The van der Waals surface area contributed by atoms with Crippen molar-refractivity contribution in [3.8, 4) is 5.75 Å². The number of hydrogen-bond acceptors (Lipinski definition) is 3. The van der Waals surface area contributed by atoms with Crippen molar-refractivity contribution >= 4 is 17.5 Å². The Hall–Kier alpha value is -1.26. The smallest absolute Gasteiger partial charge is 0.239 e. The van der Waals surface area contributed by atoms with Crippen molar-refractivity contribution in [2.45, 2.75) is 25.5 Å². The number of nitrogens with two attached hydrogens (primary N) is 1. The summed E-state index contributed by atoms with van der Waals surface area (Å²) in [6, 6.07) is 6.90.